The summed E-state index contributed by atoms with van der Waals surface area (Å²) in [6.07, 6.45) is 0. The van der Waals surface area contributed by atoms with E-state index < -0.39 is 0 Å². The van der Waals surface area contributed by atoms with Crippen LogP contribution in [0, 0.1) is 5.82 Å². The van der Waals surface area contributed by atoms with Crippen LogP contribution in [0.3, 0.4) is 0 Å². The number of thiazole rings is 1. The van der Waals surface area contributed by atoms with Gasteiger partial charge in [-0.1, -0.05) is 36.4 Å². The molecule has 0 aliphatic carbocycles. The average Bonchev–Trinajstić information content (AvgIpc) is 2.97. The summed E-state index contributed by atoms with van der Waals surface area (Å²) in [5.74, 6) is -0.244. The van der Waals surface area contributed by atoms with Gasteiger partial charge < -0.3 is 5.73 Å². The standard InChI is InChI=1S/C16H13FN2S/c17-14-3-1-2-13(8-14)16-19-15(10-20-16)12-6-4-11(9-18)5-7-12/h1-8,10H,9,18H2. The molecule has 20 heavy (non-hydrogen) atoms. The maximum Gasteiger partial charge on any atom is 0.124 e. The summed E-state index contributed by atoms with van der Waals surface area (Å²) in [4.78, 5) is 4.57. The lowest BCUT2D eigenvalue weighted by Gasteiger charge is -1.99. The van der Waals surface area contributed by atoms with Gasteiger partial charge in [0.1, 0.15) is 10.8 Å². The van der Waals surface area contributed by atoms with Crippen LogP contribution in [0.1, 0.15) is 5.56 Å². The third-order valence-corrected chi connectivity index (χ3v) is 3.95. The van der Waals surface area contributed by atoms with E-state index in [2.05, 4.69) is 4.98 Å². The number of hydrogen-bond donors (Lipinski definition) is 1. The Labute approximate surface area is 120 Å². The molecule has 3 aromatic rings. The van der Waals surface area contributed by atoms with Gasteiger partial charge in [0.25, 0.3) is 0 Å². The Hall–Kier alpha value is -2.04. The Morgan fingerprint density at radius 2 is 1.85 bits per heavy atom. The molecule has 0 amide bonds. The van der Waals surface area contributed by atoms with Gasteiger partial charge in [-0.3, -0.25) is 0 Å². The summed E-state index contributed by atoms with van der Waals surface area (Å²) >= 11 is 1.51. The molecule has 0 saturated heterocycles. The van der Waals surface area contributed by atoms with Gasteiger partial charge in [-0.2, -0.15) is 0 Å². The van der Waals surface area contributed by atoms with Gasteiger partial charge in [-0.25, -0.2) is 9.37 Å². The van der Waals surface area contributed by atoms with Gasteiger partial charge in [0, 0.05) is 23.1 Å². The highest BCUT2D eigenvalue weighted by Gasteiger charge is 2.07. The SMILES string of the molecule is NCc1ccc(-c2csc(-c3cccc(F)c3)n2)cc1. The number of aromatic nitrogens is 1. The molecular formula is C16H13FN2S. The van der Waals surface area contributed by atoms with Crippen molar-refractivity contribution in [1.29, 1.82) is 0 Å². The maximum absolute atomic E-state index is 13.2. The molecule has 0 radical (unpaired) electrons. The molecule has 0 bridgehead atoms. The van der Waals surface area contributed by atoms with Gasteiger partial charge in [0.2, 0.25) is 0 Å². The van der Waals surface area contributed by atoms with Crippen molar-refractivity contribution >= 4 is 11.3 Å². The van der Waals surface area contributed by atoms with Crippen molar-refractivity contribution in [1.82, 2.24) is 4.98 Å². The molecule has 1 heterocycles. The number of nitrogens with two attached hydrogens (primary N) is 1. The van der Waals surface area contributed by atoms with E-state index in [9.17, 15) is 4.39 Å². The van der Waals surface area contributed by atoms with E-state index in [1.165, 1.54) is 23.5 Å². The molecule has 4 heteroatoms. The van der Waals surface area contributed by atoms with E-state index in [-0.39, 0.29) is 5.82 Å². The Morgan fingerprint density at radius 3 is 2.55 bits per heavy atom. The predicted molar refractivity (Wildman–Crippen MR) is 80.8 cm³/mol. The molecule has 1 aromatic heterocycles. The van der Waals surface area contributed by atoms with Crippen LogP contribution in [0.5, 0.6) is 0 Å². The van der Waals surface area contributed by atoms with Crippen LogP contribution in [-0.4, -0.2) is 4.98 Å². The lowest BCUT2D eigenvalue weighted by atomic mass is 10.1. The fourth-order valence-electron chi connectivity index (χ4n) is 1.97. The molecule has 0 atom stereocenters. The zero-order chi connectivity index (χ0) is 13.9. The van der Waals surface area contributed by atoms with Crippen LogP contribution >= 0.6 is 11.3 Å². The second-order valence-corrected chi connectivity index (χ2v) is 5.31. The highest BCUT2D eigenvalue weighted by Crippen LogP contribution is 2.29. The first-order valence-corrected chi connectivity index (χ1v) is 7.15. The Balaban J connectivity index is 1.93. The molecule has 2 N–H and O–H groups in total. The summed E-state index contributed by atoms with van der Waals surface area (Å²) in [7, 11) is 0. The van der Waals surface area contributed by atoms with Gasteiger partial charge in [0.05, 0.1) is 5.69 Å². The maximum atomic E-state index is 13.2. The zero-order valence-electron chi connectivity index (χ0n) is 10.7. The van der Waals surface area contributed by atoms with Crippen LogP contribution in [0.2, 0.25) is 0 Å². The molecule has 0 aliphatic rings. The minimum Gasteiger partial charge on any atom is -0.326 e. The Bertz CT molecular complexity index is 719. The van der Waals surface area contributed by atoms with Crippen LogP contribution < -0.4 is 5.73 Å². The van der Waals surface area contributed by atoms with Crippen LogP contribution in [0.25, 0.3) is 21.8 Å². The molecule has 3 rings (SSSR count). The first-order valence-electron chi connectivity index (χ1n) is 6.27. The first-order chi connectivity index (χ1) is 9.76. The molecule has 2 aromatic carbocycles. The molecule has 100 valence electrons. The lowest BCUT2D eigenvalue weighted by Crippen LogP contribution is -1.95. The highest BCUT2D eigenvalue weighted by molar-refractivity contribution is 7.13. The van der Waals surface area contributed by atoms with E-state index in [1.807, 2.05) is 35.7 Å². The molecule has 0 spiro atoms. The normalized spacial score (nSPS) is 10.7. The topological polar surface area (TPSA) is 38.9 Å². The summed E-state index contributed by atoms with van der Waals surface area (Å²) < 4.78 is 13.2. The van der Waals surface area contributed by atoms with Crippen LogP contribution in [-0.2, 0) is 6.54 Å². The van der Waals surface area contributed by atoms with Crippen molar-refractivity contribution in [2.45, 2.75) is 6.54 Å². The van der Waals surface area contributed by atoms with Crippen LogP contribution in [0.15, 0.2) is 53.9 Å². The van der Waals surface area contributed by atoms with Gasteiger partial charge >= 0.3 is 0 Å². The number of rotatable bonds is 3. The zero-order valence-corrected chi connectivity index (χ0v) is 11.5. The van der Waals surface area contributed by atoms with Crippen molar-refractivity contribution in [2.75, 3.05) is 0 Å². The van der Waals surface area contributed by atoms with Gasteiger partial charge in [-0.05, 0) is 17.7 Å². The molecule has 2 nitrogen and oxygen atoms in total. The smallest absolute Gasteiger partial charge is 0.124 e. The van der Waals surface area contributed by atoms with Gasteiger partial charge in [0.15, 0.2) is 0 Å². The molecule has 0 fully saturated rings. The lowest BCUT2D eigenvalue weighted by molar-refractivity contribution is 0.628. The van der Waals surface area contributed by atoms with Crippen molar-refractivity contribution in [3.8, 4) is 21.8 Å². The van der Waals surface area contributed by atoms with Crippen molar-refractivity contribution in [2.24, 2.45) is 5.73 Å². The second kappa shape index (κ2) is 5.53. The fraction of sp³-hybridized carbons (Fsp3) is 0.0625. The highest BCUT2D eigenvalue weighted by atomic mass is 32.1. The van der Waals surface area contributed by atoms with E-state index >= 15 is 0 Å². The summed E-state index contributed by atoms with van der Waals surface area (Å²) in [5.41, 5.74) is 9.42. The van der Waals surface area contributed by atoms with E-state index in [4.69, 9.17) is 5.73 Å². The van der Waals surface area contributed by atoms with Crippen molar-refractivity contribution in [3.63, 3.8) is 0 Å². The number of nitrogens with zero attached hydrogens (tertiary/aromatic N) is 1. The minimum absolute atomic E-state index is 0.244. The van der Waals surface area contributed by atoms with Crippen molar-refractivity contribution < 1.29 is 4.39 Å². The first kappa shape index (κ1) is 13.0. The minimum atomic E-state index is -0.244. The summed E-state index contributed by atoms with van der Waals surface area (Å²) in [6, 6.07) is 14.5. The predicted octanol–water partition coefficient (Wildman–Crippen LogP) is 4.07. The fourth-order valence-corrected chi connectivity index (χ4v) is 2.80. The van der Waals surface area contributed by atoms with E-state index in [0.717, 1.165) is 27.4 Å². The second-order valence-electron chi connectivity index (χ2n) is 4.45. The largest absolute Gasteiger partial charge is 0.326 e. The molecule has 0 saturated carbocycles. The number of halogens is 1. The Morgan fingerprint density at radius 1 is 1.05 bits per heavy atom. The molecular weight excluding hydrogens is 271 g/mol. The van der Waals surface area contributed by atoms with Crippen LogP contribution in [0.4, 0.5) is 4.39 Å². The number of hydrogen-bond acceptors (Lipinski definition) is 3. The third-order valence-electron chi connectivity index (χ3n) is 3.06. The monoisotopic (exact) mass is 284 g/mol. The summed E-state index contributed by atoms with van der Waals surface area (Å²) in [6.45, 7) is 0.534. The molecule has 0 aliphatic heterocycles. The Kier molecular flexibility index (Phi) is 3.58. The summed E-state index contributed by atoms with van der Waals surface area (Å²) in [5, 5.41) is 2.81. The average molecular weight is 284 g/mol. The van der Waals surface area contributed by atoms with Crippen molar-refractivity contribution in [3.05, 3.63) is 65.3 Å². The van der Waals surface area contributed by atoms with Gasteiger partial charge in [-0.15, -0.1) is 11.3 Å². The quantitative estimate of drug-likeness (QED) is 0.787. The van der Waals surface area contributed by atoms with E-state index in [0.29, 0.717) is 6.54 Å². The number of benzene rings is 2. The third kappa shape index (κ3) is 2.61. The molecule has 0 unspecified atom stereocenters. The van der Waals surface area contributed by atoms with E-state index in [1.54, 1.807) is 6.07 Å².